The molecule has 1 rings (SSSR count). The van der Waals surface area contributed by atoms with Gasteiger partial charge < -0.3 is 0 Å². The van der Waals surface area contributed by atoms with Gasteiger partial charge in [-0.3, -0.25) is 0 Å². The smallest absolute Gasteiger partial charge is 0.221 e. The third kappa shape index (κ3) is 2.60. The first kappa shape index (κ1) is 21.4. The maximum Gasteiger partial charge on any atom is 0.457 e. The molecule has 1 atom stereocenters. The molecule has 0 N–H and O–H groups in total. The van der Waals surface area contributed by atoms with Crippen molar-refractivity contribution in [2.24, 2.45) is 0 Å². The van der Waals surface area contributed by atoms with Gasteiger partial charge in [-0.05, 0) is 0 Å². The number of rotatable bonds is 2. The van der Waals surface area contributed by atoms with E-state index in [0.717, 1.165) is 0 Å². The fraction of sp³-hybridized carbons (Fsp3) is 0.333. The van der Waals surface area contributed by atoms with E-state index in [4.69, 9.17) is 10.5 Å². The Balaban J connectivity index is 4.23. The summed E-state index contributed by atoms with van der Waals surface area (Å²) in [5.41, 5.74) is -15.0. The number of halogens is 12. The third-order valence-electron chi connectivity index (χ3n) is 3.07. The summed E-state index contributed by atoms with van der Waals surface area (Å²) in [5.74, 6) is -17.1. The summed E-state index contributed by atoms with van der Waals surface area (Å²) in [6.07, 6.45) is -14.6. The van der Waals surface area contributed by atoms with E-state index in [1.807, 2.05) is 0 Å². The fourth-order valence-electron chi connectivity index (χ4n) is 1.84. The topological polar surface area (TPSA) is 47.6 Å². The molecule has 0 heterocycles. The van der Waals surface area contributed by atoms with Crippen LogP contribution in [0.5, 0.6) is 0 Å². The molecule has 0 amide bonds. The Morgan fingerprint density at radius 2 is 0.962 bits per heavy atom. The minimum absolute atomic E-state index is 0.473. The van der Waals surface area contributed by atoms with Gasteiger partial charge in [0, 0.05) is 0 Å². The molecule has 1 unspecified atom stereocenters. The molecule has 2 nitrogen and oxygen atoms in total. The first-order chi connectivity index (χ1) is 11.5. The highest BCUT2D eigenvalue weighted by atomic mass is 19.4. The Morgan fingerprint density at radius 3 is 1.27 bits per heavy atom. The van der Waals surface area contributed by atoms with Crippen LogP contribution in [0.15, 0.2) is 0 Å². The quantitative estimate of drug-likeness (QED) is 0.531. The summed E-state index contributed by atoms with van der Waals surface area (Å²) in [7, 11) is 0. The molecule has 0 aromatic heterocycles. The number of benzene rings is 1. The van der Waals surface area contributed by atoms with Crippen LogP contribution in [-0.4, -0.2) is 18.3 Å². The van der Waals surface area contributed by atoms with Gasteiger partial charge in [0.2, 0.25) is 0 Å². The van der Waals surface area contributed by atoms with E-state index in [2.05, 4.69) is 0 Å². The van der Waals surface area contributed by atoms with E-state index in [0.29, 0.717) is 12.1 Å². The highest BCUT2D eigenvalue weighted by molar-refractivity contribution is 5.52. The molecule has 0 saturated carbocycles. The molecule has 0 aliphatic carbocycles. The summed E-state index contributed by atoms with van der Waals surface area (Å²) in [4.78, 5) is 0. The molecular weight excluding hydrogens is 400 g/mol. The van der Waals surface area contributed by atoms with Gasteiger partial charge in [0.05, 0.1) is 5.56 Å². The Hall–Kier alpha value is -2.64. The molecule has 142 valence electrons. The van der Waals surface area contributed by atoms with Crippen LogP contribution in [0.3, 0.4) is 0 Å². The van der Waals surface area contributed by atoms with E-state index in [1.54, 1.807) is 0 Å². The number of hydrogen-bond acceptors (Lipinski definition) is 2. The van der Waals surface area contributed by atoms with Gasteiger partial charge in [-0.15, -0.1) is 0 Å². The first-order valence-electron chi connectivity index (χ1n) is 5.72. The average Bonchev–Trinajstić information content (AvgIpc) is 2.47. The molecule has 0 aliphatic rings. The maximum absolute atomic E-state index is 14.1. The third-order valence-corrected chi connectivity index (χ3v) is 3.07. The lowest BCUT2D eigenvalue weighted by Gasteiger charge is -2.36. The van der Waals surface area contributed by atoms with Crippen molar-refractivity contribution in [3.63, 3.8) is 0 Å². The molecule has 1 aromatic carbocycles. The van der Waals surface area contributed by atoms with Gasteiger partial charge in [-0.2, -0.15) is 45.6 Å². The predicted molar refractivity (Wildman–Crippen MR) is 55.6 cm³/mol. The Morgan fingerprint density at radius 1 is 0.577 bits per heavy atom. The van der Waals surface area contributed by atoms with Crippen molar-refractivity contribution in [1.29, 1.82) is 10.5 Å². The SMILES string of the molecule is N#Cc1c(F)c(F)c(C(F)(C(F)(F)F)C(F)(F)C(F)(F)F)c(F)c1C#N. The molecule has 0 saturated heterocycles. The van der Waals surface area contributed by atoms with E-state index in [-0.39, 0.29) is 0 Å². The van der Waals surface area contributed by atoms with Gasteiger partial charge in [-0.25, -0.2) is 17.6 Å². The van der Waals surface area contributed by atoms with Crippen LogP contribution in [0, 0.1) is 40.1 Å². The summed E-state index contributed by atoms with van der Waals surface area (Å²) < 4.78 is 157. The highest BCUT2D eigenvalue weighted by Gasteiger charge is 2.83. The minimum Gasteiger partial charge on any atom is -0.221 e. The van der Waals surface area contributed by atoms with Crippen molar-refractivity contribution in [3.8, 4) is 12.1 Å². The predicted octanol–water partition coefficient (Wildman–Crippen LogP) is 4.77. The Kier molecular flexibility index (Phi) is 4.91. The Labute approximate surface area is 134 Å². The molecule has 0 bridgehead atoms. The molecule has 0 spiro atoms. The molecule has 0 fully saturated rings. The van der Waals surface area contributed by atoms with Crippen LogP contribution in [0.2, 0.25) is 0 Å². The number of hydrogen-bond donors (Lipinski definition) is 0. The standard InChI is InChI=1S/C12F12N2/c13-6-3(1-25)4(2-26)7(14)8(15)5(6)9(16,11(19,20)21)10(17,18)12(22,23)24. The lowest BCUT2D eigenvalue weighted by Crippen LogP contribution is -2.60. The lowest BCUT2D eigenvalue weighted by atomic mass is 9.84. The molecule has 0 aliphatic heterocycles. The second kappa shape index (κ2) is 5.96. The second-order valence-corrected chi connectivity index (χ2v) is 4.52. The second-order valence-electron chi connectivity index (χ2n) is 4.52. The van der Waals surface area contributed by atoms with Crippen molar-refractivity contribution in [3.05, 3.63) is 34.1 Å². The van der Waals surface area contributed by atoms with Crippen LogP contribution in [0.25, 0.3) is 0 Å². The van der Waals surface area contributed by atoms with Gasteiger partial charge in [0.15, 0.2) is 17.5 Å². The summed E-state index contributed by atoms with van der Waals surface area (Å²) in [5, 5.41) is 16.9. The molecule has 0 radical (unpaired) electrons. The van der Waals surface area contributed by atoms with E-state index < -0.39 is 58.1 Å². The number of nitrogens with zero attached hydrogens (tertiary/aromatic N) is 2. The molecule has 1 aromatic rings. The van der Waals surface area contributed by atoms with Gasteiger partial charge >= 0.3 is 23.9 Å². The maximum atomic E-state index is 14.1. The van der Waals surface area contributed by atoms with Crippen LogP contribution in [0.4, 0.5) is 52.7 Å². The molecule has 26 heavy (non-hydrogen) atoms. The van der Waals surface area contributed by atoms with Crippen molar-refractivity contribution in [2.75, 3.05) is 0 Å². The number of nitriles is 2. The van der Waals surface area contributed by atoms with E-state index >= 15 is 0 Å². The lowest BCUT2D eigenvalue weighted by molar-refractivity contribution is -0.390. The molecular formula is C12F12N2. The van der Waals surface area contributed by atoms with E-state index in [9.17, 15) is 52.7 Å². The summed E-state index contributed by atoms with van der Waals surface area (Å²) in [6.45, 7) is 0. The van der Waals surface area contributed by atoms with E-state index in [1.165, 1.54) is 0 Å². The van der Waals surface area contributed by atoms with Crippen molar-refractivity contribution in [1.82, 2.24) is 0 Å². The first-order valence-corrected chi connectivity index (χ1v) is 5.72. The zero-order chi connectivity index (χ0) is 20.9. The van der Waals surface area contributed by atoms with Crippen LogP contribution >= 0.6 is 0 Å². The minimum atomic E-state index is -7.49. The monoisotopic (exact) mass is 400 g/mol. The number of alkyl halides is 9. The highest BCUT2D eigenvalue weighted by Crippen LogP contribution is 2.59. The summed E-state index contributed by atoms with van der Waals surface area (Å²) >= 11 is 0. The van der Waals surface area contributed by atoms with Crippen molar-refractivity contribution < 1.29 is 52.7 Å². The fourth-order valence-corrected chi connectivity index (χ4v) is 1.84. The van der Waals surface area contributed by atoms with Crippen LogP contribution in [-0.2, 0) is 5.67 Å². The van der Waals surface area contributed by atoms with Crippen molar-refractivity contribution >= 4 is 0 Å². The van der Waals surface area contributed by atoms with Gasteiger partial charge in [0.1, 0.15) is 23.3 Å². The largest absolute Gasteiger partial charge is 0.457 e. The van der Waals surface area contributed by atoms with Crippen LogP contribution in [0.1, 0.15) is 16.7 Å². The Bertz CT molecular complexity index is 823. The van der Waals surface area contributed by atoms with Gasteiger partial charge in [0.25, 0.3) is 0 Å². The zero-order valence-electron chi connectivity index (χ0n) is 11.4. The van der Waals surface area contributed by atoms with Gasteiger partial charge in [-0.1, -0.05) is 0 Å². The average molecular weight is 400 g/mol. The zero-order valence-corrected chi connectivity index (χ0v) is 11.4. The summed E-state index contributed by atoms with van der Waals surface area (Å²) in [6, 6.07) is 1.06. The normalized spacial score (nSPS) is 15.2. The van der Waals surface area contributed by atoms with Crippen molar-refractivity contribution in [2.45, 2.75) is 23.9 Å². The molecule has 14 heteroatoms. The van der Waals surface area contributed by atoms with Crippen LogP contribution < -0.4 is 0 Å².